The Morgan fingerprint density at radius 1 is 1.25 bits per heavy atom. The van der Waals surface area contributed by atoms with E-state index in [0.29, 0.717) is 5.90 Å². The summed E-state index contributed by atoms with van der Waals surface area (Å²) < 4.78 is 10.1. The van der Waals surface area contributed by atoms with Gasteiger partial charge in [-0.3, -0.25) is 4.99 Å². The molecule has 2 aliphatic rings. The summed E-state index contributed by atoms with van der Waals surface area (Å²) in [5, 5.41) is 0. The van der Waals surface area contributed by atoms with Crippen molar-refractivity contribution >= 4 is 11.8 Å². The highest BCUT2D eigenvalue weighted by molar-refractivity contribution is 5.87. The number of rotatable bonds is 4. The summed E-state index contributed by atoms with van der Waals surface area (Å²) in [4.78, 5) is 8.10. The molecule has 0 aliphatic carbocycles. The maximum absolute atomic E-state index is 5.20. The zero-order valence-electron chi connectivity index (χ0n) is 9.95. The van der Waals surface area contributed by atoms with Gasteiger partial charge in [-0.1, -0.05) is 19.9 Å². The number of unbranched alkanes of at least 4 members (excludes halogenated alkanes) is 1. The Kier molecular flexibility index (Phi) is 6.30. The van der Waals surface area contributed by atoms with E-state index in [4.69, 9.17) is 9.47 Å². The van der Waals surface area contributed by atoms with E-state index in [9.17, 15) is 0 Å². The Morgan fingerprint density at radius 2 is 2.00 bits per heavy atom. The summed E-state index contributed by atoms with van der Waals surface area (Å²) in [6, 6.07) is 0. The maximum Gasteiger partial charge on any atom is 0.208 e. The van der Waals surface area contributed by atoms with Crippen LogP contribution in [0.5, 0.6) is 0 Å². The van der Waals surface area contributed by atoms with Crippen molar-refractivity contribution in [3.05, 3.63) is 12.7 Å². The third-order valence-electron chi connectivity index (χ3n) is 2.18. The van der Waals surface area contributed by atoms with Gasteiger partial charge in [-0.2, -0.15) is 0 Å². The highest BCUT2D eigenvalue weighted by Crippen LogP contribution is 2.02. The van der Waals surface area contributed by atoms with Crippen LogP contribution in [0.15, 0.2) is 22.6 Å². The Bertz CT molecular complexity index is 272. The number of ether oxygens (including phenoxy) is 2. The van der Waals surface area contributed by atoms with E-state index in [1.807, 2.05) is 0 Å². The van der Waals surface area contributed by atoms with Gasteiger partial charge >= 0.3 is 0 Å². The summed E-state index contributed by atoms with van der Waals surface area (Å²) in [5.41, 5.74) is 0. The summed E-state index contributed by atoms with van der Waals surface area (Å²) in [6.07, 6.45) is 5.09. The van der Waals surface area contributed by atoms with Crippen molar-refractivity contribution in [1.29, 1.82) is 0 Å². The van der Waals surface area contributed by atoms with Gasteiger partial charge in [0.1, 0.15) is 13.2 Å². The molecule has 0 bridgehead atoms. The van der Waals surface area contributed by atoms with Crippen LogP contribution in [0.3, 0.4) is 0 Å². The van der Waals surface area contributed by atoms with Crippen LogP contribution in [0.4, 0.5) is 0 Å². The molecule has 2 aliphatic heterocycles. The Balaban J connectivity index is 0.000000165. The predicted molar refractivity (Wildman–Crippen MR) is 66.2 cm³/mol. The Morgan fingerprint density at radius 3 is 2.44 bits per heavy atom. The minimum atomic E-state index is 0.681. The van der Waals surface area contributed by atoms with E-state index in [1.54, 1.807) is 6.08 Å². The van der Waals surface area contributed by atoms with Crippen LogP contribution < -0.4 is 0 Å². The van der Waals surface area contributed by atoms with Gasteiger partial charge in [0.15, 0.2) is 5.90 Å². The zero-order valence-corrected chi connectivity index (χ0v) is 9.95. The van der Waals surface area contributed by atoms with E-state index >= 15 is 0 Å². The monoisotopic (exact) mass is 224 g/mol. The molecule has 0 saturated heterocycles. The van der Waals surface area contributed by atoms with Crippen LogP contribution in [-0.4, -0.2) is 38.1 Å². The summed E-state index contributed by atoms with van der Waals surface area (Å²) >= 11 is 0. The van der Waals surface area contributed by atoms with E-state index in [0.717, 1.165) is 38.6 Å². The van der Waals surface area contributed by atoms with Crippen LogP contribution in [0.25, 0.3) is 0 Å². The molecule has 0 aromatic rings. The molecule has 0 amide bonds. The molecule has 0 fully saturated rings. The van der Waals surface area contributed by atoms with Gasteiger partial charge in [-0.25, -0.2) is 4.99 Å². The van der Waals surface area contributed by atoms with Gasteiger partial charge in [0.05, 0.1) is 13.1 Å². The standard InChI is InChI=1S/C7H13NO.C5H7NO/c1-2-3-4-7-8-5-6-9-7;1-2-5-6-3-4-7-5/h2-6H2,1H3;2H,1,3-4H2. The number of hydrogen-bond donors (Lipinski definition) is 0. The smallest absolute Gasteiger partial charge is 0.208 e. The van der Waals surface area contributed by atoms with Crippen LogP contribution in [0.2, 0.25) is 0 Å². The van der Waals surface area contributed by atoms with E-state index in [1.165, 1.54) is 12.8 Å². The van der Waals surface area contributed by atoms with Crippen molar-refractivity contribution in [3.8, 4) is 0 Å². The van der Waals surface area contributed by atoms with Crippen molar-refractivity contribution in [2.45, 2.75) is 26.2 Å². The van der Waals surface area contributed by atoms with E-state index < -0.39 is 0 Å². The van der Waals surface area contributed by atoms with Crippen LogP contribution >= 0.6 is 0 Å². The second-order valence-corrected chi connectivity index (χ2v) is 3.50. The molecule has 0 radical (unpaired) electrons. The molecule has 0 atom stereocenters. The average Bonchev–Trinajstić information content (AvgIpc) is 3.00. The molecule has 0 aromatic carbocycles. The van der Waals surface area contributed by atoms with Crippen molar-refractivity contribution in [2.24, 2.45) is 9.98 Å². The van der Waals surface area contributed by atoms with E-state index in [2.05, 4.69) is 23.5 Å². The molecule has 4 nitrogen and oxygen atoms in total. The van der Waals surface area contributed by atoms with Gasteiger partial charge in [-0.15, -0.1) is 0 Å². The van der Waals surface area contributed by atoms with Gasteiger partial charge in [-0.05, 0) is 12.5 Å². The molecule has 0 N–H and O–H groups in total. The molecule has 0 aromatic heterocycles. The summed E-state index contributed by atoms with van der Waals surface area (Å²) in [5.74, 6) is 1.65. The lowest BCUT2D eigenvalue weighted by Gasteiger charge is -1.97. The lowest BCUT2D eigenvalue weighted by molar-refractivity contribution is 0.337. The SMILES string of the molecule is C=CC1=NCCO1.CCCCC1=NCCO1. The highest BCUT2D eigenvalue weighted by atomic mass is 16.5. The third-order valence-corrected chi connectivity index (χ3v) is 2.18. The molecule has 0 spiro atoms. The van der Waals surface area contributed by atoms with Crippen molar-refractivity contribution < 1.29 is 9.47 Å². The first kappa shape index (κ1) is 12.7. The minimum absolute atomic E-state index is 0.681. The van der Waals surface area contributed by atoms with E-state index in [-0.39, 0.29) is 0 Å². The lowest BCUT2D eigenvalue weighted by atomic mass is 10.2. The molecule has 2 rings (SSSR count). The van der Waals surface area contributed by atoms with Gasteiger partial charge in [0.25, 0.3) is 0 Å². The normalized spacial score (nSPS) is 17.6. The molecule has 4 heteroatoms. The molecule has 90 valence electrons. The van der Waals surface area contributed by atoms with Crippen LogP contribution in [-0.2, 0) is 9.47 Å². The third kappa shape index (κ3) is 4.96. The zero-order chi connectivity index (χ0) is 11.6. The topological polar surface area (TPSA) is 43.2 Å². The van der Waals surface area contributed by atoms with Crippen LogP contribution in [0, 0.1) is 0 Å². The van der Waals surface area contributed by atoms with Gasteiger partial charge in [0, 0.05) is 6.42 Å². The van der Waals surface area contributed by atoms with Gasteiger partial charge in [0.2, 0.25) is 5.90 Å². The Labute approximate surface area is 97.1 Å². The molecule has 0 saturated carbocycles. The second kappa shape index (κ2) is 7.91. The number of nitrogens with zero attached hydrogens (tertiary/aromatic N) is 2. The summed E-state index contributed by atoms with van der Waals surface area (Å²) in [7, 11) is 0. The first-order valence-electron chi connectivity index (χ1n) is 5.82. The second-order valence-electron chi connectivity index (χ2n) is 3.50. The molecule has 2 heterocycles. The predicted octanol–water partition coefficient (Wildman–Crippen LogP) is 2.21. The molecular weight excluding hydrogens is 204 g/mol. The van der Waals surface area contributed by atoms with Crippen molar-refractivity contribution in [1.82, 2.24) is 0 Å². The molecular formula is C12H20N2O2. The largest absolute Gasteiger partial charge is 0.479 e. The minimum Gasteiger partial charge on any atom is -0.479 e. The van der Waals surface area contributed by atoms with Crippen molar-refractivity contribution in [3.63, 3.8) is 0 Å². The highest BCUT2D eigenvalue weighted by Gasteiger charge is 2.04. The fourth-order valence-electron chi connectivity index (χ4n) is 1.33. The first-order valence-corrected chi connectivity index (χ1v) is 5.82. The fourth-order valence-corrected chi connectivity index (χ4v) is 1.33. The average molecular weight is 224 g/mol. The first-order chi connectivity index (χ1) is 7.86. The number of hydrogen-bond acceptors (Lipinski definition) is 4. The maximum atomic E-state index is 5.20. The van der Waals surface area contributed by atoms with Gasteiger partial charge < -0.3 is 9.47 Å². The van der Waals surface area contributed by atoms with Crippen molar-refractivity contribution in [2.75, 3.05) is 26.3 Å². The quantitative estimate of drug-likeness (QED) is 0.734. The number of aliphatic imine (C=N–C) groups is 2. The van der Waals surface area contributed by atoms with Crippen LogP contribution in [0.1, 0.15) is 26.2 Å². The summed E-state index contributed by atoms with van der Waals surface area (Å²) in [6.45, 7) is 8.86. The molecule has 16 heavy (non-hydrogen) atoms. The Hall–Kier alpha value is -1.32. The fraction of sp³-hybridized carbons (Fsp3) is 0.667. The lowest BCUT2D eigenvalue weighted by Crippen LogP contribution is -1.97. The molecule has 0 unspecified atom stereocenters.